The Morgan fingerprint density at radius 2 is 1.70 bits per heavy atom. The van der Waals surface area contributed by atoms with E-state index in [0.29, 0.717) is 17.1 Å². The molecule has 0 spiro atoms. The third kappa shape index (κ3) is 4.01. The van der Waals surface area contributed by atoms with Crippen LogP contribution in [0.25, 0.3) is 0 Å². The summed E-state index contributed by atoms with van der Waals surface area (Å²) in [4.78, 5) is 4.31. The van der Waals surface area contributed by atoms with Crippen molar-refractivity contribution in [3.63, 3.8) is 0 Å². The van der Waals surface area contributed by atoms with Gasteiger partial charge in [0.15, 0.2) is 5.82 Å². The lowest BCUT2D eigenvalue weighted by atomic mass is 9.79. The first-order chi connectivity index (χ1) is 10.5. The standard InChI is InChI=1S/C19H26N2O2/c1-12-8-16(21-23-12)20-11-13-9-14(18(2,3)4)10-15(17(13)22)19(5,6)7/h8-11,22H,1-7H3. The summed E-state index contributed by atoms with van der Waals surface area (Å²) in [5.74, 6) is 1.48. The fourth-order valence-electron chi connectivity index (χ4n) is 2.31. The fourth-order valence-corrected chi connectivity index (χ4v) is 2.31. The Morgan fingerprint density at radius 1 is 1.04 bits per heavy atom. The molecule has 0 fully saturated rings. The highest BCUT2D eigenvalue weighted by molar-refractivity contribution is 5.86. The second kappa shape index (κ2) is 5.84. The number of aromatic nitrogens is 1. The number of phenolic OH excluding ortho intramolecular Hbond substituents is 1. The summed E-state index contributed by atoms with van der Waals surface area (Å²) in [6.45, 7) is 14.6. The SMILES string of the molecule is Cc1cc(N=Cc2cc(C(C)(C)C)cc(C(C)(C)C)c2O)no1. The van der Waals surface area contributed by atoms with Crippen molar-refractivity contribution < 1.29 is 9.63 Å². The van der Waals surface area contributed by atoms with Gasteiger partial charge in [0.05, 0.1) is 0 Å². The van der Waals surface area contributed by atoms with E-state index in [-0.39, 0.29) is 16.6 Å². The molecule has 0 atom stereocenters. The molecule has 0 saturated heterocycles. The Bertz CT molecular complexity index is 729. The molecule has 2 aromatic rings. The molecule has 1 aromatic heterocycles. The van der Waals surface area contributed by atoms with Crippen molar-refractivity contribution in [3.8, 4) is 5.75 Å². The molecule has 2 rings (SSSR count). The Kier molecular flexibility index (Phi) is 4.38. The second-order valence-electron chi connectivity index (χ2n) is 8.02. The van der Waals surface area contributed by atoms with E-state index < -0.39 is 0 Å². The lowest BCUT2D eigenvalue weighted by Gasteiger charge is -2.26. The maximum Gasteiger partial charge on any atom is 0.195 e. The van der Waals surface area contributed by atoms with E-state index in [2.05, 4.69) is 57.8 Å². The topological polar surface area (TPSA) is 58.6 Å². The van der Waals surface area contributed by atoms with Crippen LogP contribution in [0.4, 0.5) is 5.82 Å². The van der Waals surface area contributed by atoms with Crippen LogP contribution in [0.2, 0.25) is 0 Å². The van der Waals surface area contributed by atoms with Crippen LogP contribution < -0.4 is 0 Å². The molecule has 0 unspecified atom stereocenters. The van der Waals surface area contributed by atoms with Crippen molar-refractivity contribution in [1.29, 1.82) is 0 Å². The zero-order chi connectivity index (χ0) is 17.4. The van der Waals surface area contributed by atoms with Gasteiger partial charge in [0.25, 0.3) is 0 Å². The van der Waals surface area contributed by atoms with Crippen molar-refractivity contribution >= 4 is 12.0 Å². The summed E-state index contributed by atoms with van der Waals surface area (Å²) in [5, 5.41) is 14.5. The summed E-state index contributed by atoms with van der Waals surface area (Å²) < 4.78 is 5.01. The molecule has 1 aromatic carbocycles. The normalized spacial score (nSPS) is 13.0. The Hall–Kier alpha value is -2.10. The van der Waals surface area contributed by atoms with Crippen LogP contribution in [0, 0.1) is 6.92 Å². The number of aryl methyl sites for hydroxylation is 1. The third-order valence-electron chi connectivity index (χ3n) is 3.76. The highest BCUT2D eigenvalue weighted by Gasteiger charge is 2.24. The van der Waals surface area contributed by atoms with E-state index in [9.17, 15) is 5.11 Å². The molecule has 23 heavy (non-hydrogen) atoms. The van der Waals surface area contributed by atoms with Crippen molar-refractivity contribution in [2.24, 2.45) is 4.99 Å². The van der Waals surface area contributed by atoms with Crippen LogP contribution in [0.15, 0.2) is 27.7 Å². The number of benzene rings is 1. The lowest BCUT2D eigenvalue weighted by molar-refractivity contribution is 0.399. The van der Waals surface area contributed by atoms with Crippen molar-refractivity contribution in [1.82, 2.24) is 5.16 Å². The van der Waals surface area contributed by atoms with Crippen molar-refractivity contribution in [3.05, 3.63) is 40.6 Å². The molecular formula is C19H26N2O2. The van der Waals surface area contributed by atoms with Gasteiger partial charge in [0, 0.05) is 23.4 Å². The van der Waals surface area contributed by atoms with Gasteiger partial charge in [0.1, 0.15) is 11.5 Å². The van der Waals surface area contributed by atoms with Gasteiger partial charge >= 0.3 is 0 Å². The minimum absolute atomic E-state index is 0.0131. The third-order valence-corrected chi connectivity index (χ3v) is 3.76. The van der Waals surface area contributed by atoms with Crippen LogP contribution >= 0.6 is 0 Å². The first-order valence-corrected chi connectivity index (χ1v) is 7.84. The molecule has 4 nitrogen and oxygen atoms in total. The first kappa shape index (κ1) is 17.3. The predicted octanol–water partition coefficient (Wildman–Crippen LogP) is 5.03. The predicted molar refractivity (Wildman–Crippen MR) is 94.0 cm³/mol. The molecule has 0 aliphatic carbocycles. The van der Waals surface area contributed by atoms with Gasteiger partial charge in [-0.15, -0.1) is 0 Å². The molecule has 0 aliphatic heterocycles. The van der Waals surface area contributed by atoms with E-state index >= 15 is 0 Å². The number of rotatable bonds is 2. The number of nitrogens with zero attached hydrogens (tertiary/aromatic N) is 2. The van der Waals surface area contributed by atoms with E-state index in [4.69, 9.17) is 4.52 Å². The number of aromatic hydroxyl groups is 1. The van der Waals surface area contributed by atoms with E-state index in [1.54, 1.807) is 12.3 Å². The van der Waals surface area contributed by atoms with Gasteiger partial charge in [-0.1, -0.05) is 52.8 Å². The quantitative estimate of drug-likeness (QED) is 0.790. The van der Waals surface area contributed by atoms with Crippen LogP contribution in [0.3, 0.4) is 0 Å². The van der Waals surface area contributed by atoms with Crippen LogP contribution in [0.1, 0.15) is 64.0 Å². The van der Waals surface area contributed by atoms with Gasteiger partial charge in [0.2, 0.25) is 0 Å². The summed E-state index contributed by atoms with van der Waals surface area (Å²) in [6, 6.07) is 5.83. The molecule has 1 heterocycles. The van der Waals surface area contributed by atoms with Crippen molar-refractivity contribution in [2.75, 3.05) is 0 Å². The molecule has 0 radical (unpaired) electrons. The van der Waals surface area contributed by atoms with Gasteiger partial charge < -0.3 is 9.63 Å². The molecular weight excluding hydrogens is 288 g/mol. The fraction of sp³-hybridized carbons (Fsp3) is 0.474. The molecule has 0 saturated carbocycles. The highest BCUT2D eigenvalue weighted by Crippen LogP contribution is 2.37. The monoisotopic (exact) mass is 314 g/mol. The van der Waals surface area contributed by atoms with Crippen molar-refractivity contribution in [2.45, 2.75) is 59.3 Å². The number of hydrogen-bond donors (Lipinski definition) is 1. The largest absolute Gasteiger partial charge is 0.507 e. The molecule has 0 amide bonds. The van der Waals surface area contributed by atoms with Crippen LogP contribution in [-0.4, -0.2) is 16.5 Å². The zero-order valence-electron chi connectivity index (χ0n) is 15.1. The first-order valence-electron chi connectivity index (χ1n) is 7.84. The Morgan fingerprint density at radius 3 is 2.17 bits per heavy atom. The summed E-state index contributed by atoms with van der Waals surface area (Å²) in [6.07, 6.45) is 1.65. The van der Waals surface area contributed by atoms with E-state index in [0.717, 1.165) is 11.1 Å². The summed E-state index contributed by atoms with van der Waals surface area (Å²) in [5.41, 5.74) is 2.61. The van der Waals surface area contributed by atoms with Gasteiger partial charge in [-0.2, -0.15) is 0 Å². The minimum atomic E-state index is -0.154. The maximum absolute atomic E-state index is 10.7. The molecule has 4 heteroatoms. The molecule has 124 valence electrons. The van der Waals surface area contributed by atoms with Crippen LogP contribution in [-0.2, 0) is 10.8 Å². The number of hydrogen-bond acceptors (Lipinski definition) is 4. The zero-order valence-corrected chi connectivity index (χ0v) is 15.1. The Balaban J connectivity index is 2.55. The average molecular weight is 314 g/mol. The lowest BCUT2D eigenvalue weighted by Crippen LogP contribution is -2.17. The van der Waals surface area contributed by atoms with E-state index in [1.807, 2.05) is 13.0 Å². The number of phenols is 1. The van der Waals surface area contributed by atoms with Gasteiger partial charge in [-0.25, -0.2) is 4.99 Å². The van der Waals surface area contributed by atoms with Gasteiger partial charge in [-0.3, -0.25) is 0 Å². The number of aliphatic imine (C=N–C) groups is 1. The maximum atomic E-state index is 10.7. The van der Waals surface area contributed by atoms with E-state index in [1.165, 1.54) is 0 Å². The average Bonchev–Trinajstić information content (AvgIpc) is 2.80. The Labute approximate surface area is 138 Å². The highest BCUT2D eigenvalue weighted by atomic mass is 16.5. The van der Waals surface area contributed by atoms with Crippen LogP contribution in [0.5, 0.6) is 5.75 Å². The molecule has 0 bridgehead atoms. The van der Waals surface area contributed by atoms with Gasteiger partial charge in [-0.05, 0) is 29.4 Å². The molecule has 0 aliphatic rings. The smallest absolute Gasteiger partial charge is 0.195 e. The molecule has 1 N–H and O–H groups in total. The summed E-state index contributed by atoms with van der Waals surface area (Å²) in [7, 11) is 0. The summed E-state index contributed by atoms with van der Waals surface area (Å²) >= 11 is 0. The minimum Gasteiger partial charge on any atom is -0.507 e. The second-order valence-corrected chi connectivity index (χ2v) is 8.02.